The topological polar surface area (TPSA) is 16.4 Å². The molecule has 0 N–H and O–H groups in total. The van der Waals surface area contributed by atoms with Gasteiger partial charge in [-0.3, -0.25) is 0 Å². The van der Waals surface area contributed by atoms with Crippen molar-refractivity contribution in [1.82, 2.24) is 0 Å². The highest BCUT2D eigenvalue weighted by atomic mass is 16.3. The first-order valence-corrected chi connectivity index (χ1v) is 6.14. The van der Waals surface area contributed by atoms with Gasteiger partial charge in [-0.2, -0.15) is 0 Å². The highest BCUT2D eigenvalue weighted by Gasteiger charge is 2.18. The molecule has 0 saturated carbocycles. The Bertz CT molecular complexity index is 487. The standard InChI is InChI=1S/C16H19NO/c1-13(2)12-15(14-8-5-4-6-9-14)17(3)16-10-7-11-18-16/h4-11,15H,1,12H2,2-3H3. The van der Waals surface area contributed by atoms with Crippen molar-refractivity contribution in [3.8, 4) is 0 Å². The van der Waals surface area contributed by atoms with Crippen LogP contribution >= 0.6 is 0 Å². The predicted molar refractivity (Wildman–Crippen MR) is 75.7 cm³/mol. The Balaban J connectivity index is 2.28. The third-order valence-corrected chi connectivity index (χ3v) is 3.05. The van der Waals surface area contributed by atoms with Gasteiger partial charge in [0.1, 0.15) is 0 Å². The summed E-state index contributed by atoms with van der Waals surface area (Å²) in [6.07, 6.45) is 2.62. The zero-order valence-corrected chi connectivity index (χ0v) is 11.0. The monoisotopic (exact) mass is 241 g/mol. The largest absolute Gasteiger partial charge is 0.449 e. The van der Waals surface area contributed by atoms with E-state index in [1.54, 1.807) is 6.26 Å². The molecule has 0 radical (unpaired) electrons. The van der Waals surface area contributed by atoms with Gasteiger partial charge in [-0.25, -0.2) is 0 Å². The molecule has 2 heteroatoms. The summed E-state index contributed by atoms with van der Waals surface area (Å²) in [6.45, 7) is 6.09. The average molecular weight is 241 g/mol. The van der Waals surface area contributed by atoms with Crippen LogP contribution in [0.3, 0.4) is 0 Å². The highest BCUT2D eigenvalue weighted by Crippen LogP contribution is 2.30. The van der Waals surface area contributed by atoms with E-state index >= 15 is 0 Å². The molecule has 18 heavy (non-hydrogen) atoms. The molecule has 0 fully saturated rings. The molecule has 0 spiro atoms. The van der Waals surface area contributed by atoms with E-state index in [2.05, 4.69) is 49.7 Å². The third-order valence-electron chi connectivity index (χ3n) is 3.05. The summed E-state index contributed by atoms with van der Waals surface area (Å²) in [5.41, 5.74) is 2.45. The van der Waals surface area contributed by atoms with Crippen LogP contribution in [0.2, 0.25) is 0 Å². The molecular formula is C16H19NO. The summed E-state index contributed by atoms with van der Waals surface area (Å²) < 4.78 is 5.48. The lowest BCUT2D eigenvalue weighted by molar-refractivity contribution is 0.524. The second-order valence-corrected chi connectivity index (χ2v) is 4.65. The summed E-state index contributed by atoms with van der Waals surface area (Å²) in [7, 11) is 2.06. The van der Waals surface area contributed by atoms with Gasteiger partial charge in [-0.15, -0.1) is 6.58 Å². The van der Waals surface area contributed by atoms with Gasteiger partial charge in [0.25, 0.3) is 0 Å². The van der Waals surface area contributed by atoms with E-state index in [-0.39, 0.29) is 6.04 Å². The molecule has 1 aromatic heterocycles. The Morgan fingerprint density at radius 2 is 1.94 bits per heavy atom. The summed E-state index contributed by atoms with van der Waals surface area (Å²) in [6, 6.07) is 14.6. The van der Waals surface area contributed by atoms with E-state index in [4.69, 9.17) is 4.42 Å². The molecule has 2 rings (SSSR count). The first-order valence-electron chi connectivity index (χ1n) is 6.14. The zero-order chi connectivity index (χ0) is 13.0. The molecule has 0 aliphatic carbocycles. The molecule has 0 bridgehead atoms. The van der Waals surface area contributed by atoms with Crippen LogP contribution in [0.4, 0.5) is 5.88 Å². The summed E-state index contributed by atoms with van der Waals surface area (Å²) in [5.74, 6) is 0.880. The van der Waals surface area contributed by atoms with Gasteiger partial charge in [-0.1, -0.05) is 35.9 Å². The van der Waals surface area contributed by atoms with Crippen LogP contribution in [0.5, 0.6) is 0 Å². The predicted octanol–water partition coefficient (Wildman–Crippen LogP) is 4.42. The lowest BCUT2D eigenvalue weighted by Gasteiger charge is -2.28. The van der Waals surface area contributed by atoms with Gasteiger partial charge < -0.3 is 9.32 Å². The summed E-state index contributed by atoms with van der Waals surface area (Å²) in [5, 5.41) is 0. The van der Waals surface area contributed by atoms with Crippen molar-refractivity contribution in [2.24, 2.45) is 0 Å². The minimum Gasteiger partial charge on any atom is -0.449 e. The smallest absolute Gasteiger partial charge is 0.195 e. The van der Waals surface area contributed by atoms with Gasteiger partial charge in [-0.05, 0) is 25.0 Å². The van der Waals surface area contributed by atoms with Crippen LogP contribution in [0, 0.1) is 0 Å². The fraction of sp³-hybridized carbons (Fsp3) is 0.250. The van der Waals surface area contributed by atoms with Crippen LogP contribution in [0.25, 0.3) is 0 Å². The maximum Gasteiger partial charge on any atom is 0.195 e. The van der Waals surface area contributed by atoms with Crippen molar-refractivity contribution in [2.75, 3.05) is 11.9 Å². The molecule has 94 valence electrons. The fourth-order valence-electron chi connectivity index (χ4n) is 2.11. The van der Waals surface area contributed by atoms with Crippen LogP contribution in [0.1, 0.15) is 24.9 Å². The van der Waals surface area contributed by atoms with E-state index in [9.17, 15) is 0 Å². The maximum absolute atomic E-state index is 5.48. The SMILES string of the molecule is C=C(C)CC(c1ccccc1)N(C)c1ccco1. The molecule has 2 aromatic rings. The van der Waals surface area contributed by atoms with E-state index in [1.807, 2.05) is 18.2 Å². The average Bonchev–Trinajstić information content (AvgIpc) is 2.90. The Morgan fingerprint density at radius 3 is 2.50 bits per heavy atom. The number of rotatable bonds is 5. The number of hydrogen-bond acceptors (Lipinski definition) is 2. The summed E-state index contributed by atoms with van der Waals surface area (Å²) >= 11 is 0. The van der Waals surface area contributed by atoms with Gasteiger partial charge in [0.05, 0.1) is 12.3 Å². The number of benzene rings is 1. The van der Waals surface area contributed by atoms with Crippen molar-refractivity contribution < 1.29 is 4.42 Å². The van der Waals surface area contributed by atoms with E-state index in [1.165, 1.54) is 11.1 Å². The van der Waals surface area contributed by atoms with E-state index in [0.29, 0.717) is 0 Å². The number of anilines is 1. The quantitative estimate of drug-likeness (QED) is 0.720. The molecule has 0 amide bonds. The van der Waals surface area contributed by atoms with Gasteiger partial charge in [0, 0.05) is 13.1 Å². The van der Waals surface area contributed by atoms with Crippen LogP contribution in [0.15, 0.2) is 65.3 Å². The fourth-order valence-corrected chi connectivity index (χ4v) is 2.11. The first-order chi connectivity index (χ1) is 8.68. The molecule has 0 saturated heterocycles. The number of nitrogens with zero attached hydrogens (tertiary/aromatic N) is 1. The van der Waals surface area contributed by atoms with Crippen molar-refractivity contribution in [3.63, 3.8) is 0 Å². The number of furan rings is 1. The van der Waals surface area contributed by atoms with Gasteiger partial charge >= 0.3 is 0 Å². The number of hydrogen-bond donors (Lipinski definition) is 0. The van der Waals surface area contributed by atoms with Crippen LogP contribution in [-0.2, 0) is 0 Å². The second kappa shape index (κ2) is 5.58. The molecule has 1 heterocycles. The first kappa shape index (κ1) is 12.5. The van der Waals surface area contributed by atoms with Crippen molar-refractivity contribution in [1.29, 1.82) is 0 Å². The van der Waals surface area contributed by atoms with Crippen LogP contribution in [-0.4, -0.2) is 7.05 Å². The lowest BCUT2D eigenvalue weighted by atomic mass is 9.99. The molecular weight excluding hydrogens is 222 g/mol. The minimum absolute atomic E-state index is 0.259. The second-order valence-electron chi connectivity index (χ2n) is 4.65. The third kappa shape index (κ3) is 2.83. The zero-order valence-electron chi connectivity index (χ0n) is 11.0. The maximum atomic E-state index is 5.48. The molecule has 1 aromatic carbocycles. The minimum atomic E-state index is 0.259. The highest BCUT2D eigenvalue weighted by molar-refractivity contribution is 5.39. The van der Waals surface area contributed by atoms with E-state index < -0.39 is 0 Å². The molecule has 0 aliphatic rings. The Hall–Kier alpha value is -1.96. The van der Waals surface area contributed by atoms with Crippen LogP contribution < -0.4 is 4.90 Å². The van der Waals surface area contributed by atoms with Crippen molar-refractivity contribution in [2.45, 2.75) is 19.4 Å². The Kier molecular flexibility index (Phi) is 3.88. The molecule has 1 atom stereocenters. The Labute approximate surface area is 109 Å². The Morgan fingerprint density at radius 1 is 1.22 bits per heavy atom. The van der Waals surface area contributed by atoms with Gasteiger partial charge in [0.2, 0.25) is 0 Å². The molecule has 1 unspecified atom stereocenters. The van der Waals surface area contributed by atoms with Crippen molar-refractivity contribution in [3.05, 3.63) is 66.4 Å². The van der Waals surface area contributed by atoms with E-state index in [0.717, 1.165) is 12.3 Å². The van der Waals surface area contributed by atoms with Crippen molar-refractivity contribution >= 4 is 5.88 Å². The normalized spacial score (nSPS) is 12.1. The summed E-state index contributed by atoms with van der Waals surface area (Å²) in [4.78, 5) is 2.16. The lowest BCUT2D eigenvalue weighted by Crippen LogP contribution is -2.23. The van der Waals surface area contributed by atoms with Gasteiger partial charge in [0.15, 0.2) is 5.88 Å². The molecule has 0 aliphatic heterocycles. The molecule has 2 nitrogen and oxygen atoms in total.